The van der Waals surface area contributed by atoms with E-state index in [4.69, 9.17) is 5.26 Å². The van der Waals surface area contributed by atoms with E-state index in [1.54, 1.807) is 0 Å². The highest BCUT2D eigenvalue weighted by molar-refractivity contribution is 7.99. The first-order valence-corrected chi connectivity index (χ1v) is 14.5. The first kappa shape index (κ1) is 27.5. The highest BCUT2D eigenvalue weighted by Crippen LogP contribution is 2.33. The van der Waals surface area contributed by atoms with Crippen LogP contribution in [0.25, 0.3) is 0 Å². The van der Waals surface area contributed by atoms with Gasteiger partial charge < -0.3 is 5.32 Å². The molecule has 0 radical (unpaired) electrons. The van der Waals surface area contributed by atoms with Gasteiger partial charge >= 0.3 is 0 Å². The average Bonchev–Trinajstić information content (AvgIpc) is 2.75. The Morgan fingerprint density at radius 1 is 1.24 bits per heavy atom. The summed E-state index contributed by atoms with van der Waals surface area (Å²) in [6.45, 7) is -0.0443. The maximum Gasteiger partial charge on any atom is 0.278 e. The highest BCUT2D eigenvalue weighted by Gasteiger charge is 2.34. The molecule has 184 valence electrons. The number of carbonyl (C=O) groups excluding carboxylic acids is 1. The van der Waals surface area contributed by atoms with Gasteiger partial charge in [0.25, 0.3) is 10.2 Å². The fourth-order valence-electron chi connectivity index (χ4n) is 3.64. The molecule has 1 aliphatic rings. The molecule has 0 heterocycles. The summed E-state index contributed by atoms with van der Waals surface area (Å²) in [4.78, 5) is 12.4. The number of amides is 1. The first-order chi connectivity index (χ1) is 15.5. The van der Waals surface area contributed by atoms with E-state index in [0.29, 0.717) is 12.8 Å². The Hall–Kier alpha value is -1.72. The Morgan fingerprint density at radius 2 is 1.94 bits per heavy atom. The molecule has 0 spiro atoms. The van der Waals surface area contributed by atoms with Crippen LogP contribution in [0.5, 0.6) is 0 Å². The lowest BCUT2D eigenvalue weighted by molar-refractivity contribution is -0.127. The molecule has 2 unspecified atom stereocenters. The van der Waals surface area contributed by atoms with Crippen LogP contribution < -0.4 is 10.0 Å². The lowest BCUT2D eigenvalue weighted by Crippen LogP contribution is -2.39. The molecule has 1 fully saturated rings. The molecule has 2 N–H and O–H groups in total. The monoisotopic (exact) mass is 520 g/mol. The summed E-state index contributed by atoms with van der Waals surface area (Å²) in [6, 6.07) is 5.50. The van der Waals surface area contributed by atoms with E-state index in [9.17, 15) is 26.0 Å². The summed E-state index contributed by atoms with van der Waals surface area (Å²) in [6.07, 6.45) is 2.75. The van der Waals surface area contributed by atoms with E-state index >= 15 is 0 Å². The maximum atomic E-state index is 14.6. The Morgan fingerprint density at radius 3 is 2.58 bits per heavy atom. The molecular weight excluding hydrogens is 491 g/mol. The van der Waals surface area contributed by atoms with Gasteiger partial charge in [-0.1, -0.05) is 12.8 Å². The number of rotatable bonds is 11. The van der Waals surface area contributed by atoms with Crippen LogP contribution >= 0.6 is 11.8 Å². The van der Waals surface area contributed by atoms with Crippen LogP contribution in [0.1, 0.15) is 25.7 Å². The maximum absolute atomic E-state index is 14.6. The molecule has 0 bridgehead atoms. The van der Waals surface area contributed by atoms with Gasteiger partial charge in [0, 0.05) is 37.2 Å². The number of nitrogens with one attached hydrogen (secondary N) is 2. The van der Waals surface area contributed by atoms with Crippen LogP contribution in [0.4, 0.5) is 4.39 Å². The van der Waals surface area contributed by atoms with Crippen molar-refractivity contribution >= 4 is 37.7 Å². The third kappa shape index (κ3) is 7.92. The van der Waals surface area contributed by atoms with Crippen molar-refractivity contribution in [3.63, 3.8) is 0 Å². The predicted molar refractivity (Wildman–Crippen MR) is 124 cm³/mol. The van der Waals surface area contributed by atoms with Crippen molar-refractivity contribution in [1.82, 2.24) is 14.3 Å². The van der Waals surface area contributed by atoms with Crippen molar-refractivity contribution in [3.8, 4) is 6.07 Å². The summed E-state index contributed by atoms with van der Waals surface area (Å²) < 4.78 is 67.2. The van der Waals surface area contributed by atoms with Crippen LogP contribution in [0, 0.1) is 29.0 Å². The summed E-state index contributed by atoms with van der Waals surface area (Å²) in [5.41, 5.74) is 0. The molecule has 1 amide bonds. The molecule has 9 nitrogen and oxygen atoms in total. The zero-order chi connectivity index (χ0) is 24.6. The van der Waals surface area contributed by atoms with E-state index in [2.05, 4.69) is 10.0 Å². The third-order valence-electron chi connectivity index (χ3n) is 5.41. The van der Waals surface area contributed by atoms with Crippen LogP contribution in [0.15, 0.2) is 28.0 Å². The van der Waals surface area contributed by atoms with E-state index in [1.807, 2.05) is 6.07 Å². The van der Waals surface area contributed by atoms with Crippen molar-refractivity contribution in [2.75, 3.05) is 38.7 Å². The van der Waals surface area contributed by atoms with Gasteiger partial charge in [-0.05, 0) is 37.0 Å². The van der Waals surface area contributed by atoms with Gasteiger partial charge in [-0.2, -0.15) is 18.0 Å². The summed E-state index contributed by atoms with van der Waals surface area (Å²) >= 11 is 1.07. The molecule has 0 aliphatic heterocycles. The molecular formula is C20H29FN4O5S3. The van der Waals surface area contributed by atoms with Crippen LogP contribution in [-0.4, -0.2) is 65.7 Å². The molecule has 33 heavy (non-hydrogen) atoms. The standard InChI is InChI=1S/C20H29FN4O5S3/c1-25(2)33(29,30)24-11-12-31-19-8-7-16(13-18(19)21)32(27,28)14-15-5-3-4-6-17(15)20(26)23-10-9-22/h7-8,13,15,17,24H,3-6,10-12,14H2,1-2H3,(H,23,26). The predicted octanol–water partition coefficient (Wildman–Crippen LogP) is 1.53. The Kier molecular flexibility index (Phi) is 10.1. The molecule has 1 saturated carbocycles. The van der Waals surface area contributed by atoms with Crippen molar-refractivity contribution in [3.05, 3.63) is 24.0 Å². The van der Waals surface area contributed by atoms with Gasteiger partial charge in [0.2, 0.25) is 5.91 Å². The minimum Gasteiger partial charge on any atom is -0.343 e. The molecule has 1 aliphatic carbocycles. The SMILES string of the molecule is CN(C)S(=O)(=O)NCCSc1ccc(S(=O)(=O)CC2CCCCC2C(=O)NCC#N)cc1F. The zero-order valence-electron chi connectivity index (χ0n) is 18.6. The second-order valence-corrected chi connectivity index (χ2v) is 13.1. The van der Waals surface area contributed by atoms with Crippen LogP contribution in [0.3, 0.4) is 0 Å². The largest absolute Gasteiger partial charge is 0.343 e. The first-order valence-electron chi connectivity index (χ1n) is 10.4. The van der Waals surface area contributed by atoms with E-state index in [1.165, 1.54) is 26.2 Å². The number of thioether (sulfide) groups is 1. The molecule has 1 aromatic carbocycles. The lowest BCUT2D eigenvalue weighted by Gasteiger charge is -2.30. The number of hydrogen-bond acceptors (Lipinski definition) is 7. The molecule has 2 atom stereocenters. The number of sulfone groups is 1. The zero-order valence-corrected chi connectivity index (χ0v) is 21.0. The van der Waals surface area contributed by atoms with Gasteiger partial charge in [-0.25, -0.2) is 17.5 Å². The molecule has 2 rings (SSSR count). The van der Waals surface area contributed by atoms with Crippen molar-refractivity contribution in [2.24, 2.45) is 11.8 Å². The average molecular weight is 521 g/mol. The van der Waals surface area contributed by atoms with Gasteiger partial charge in [-0.3, -0.25) is 4.79 Å². The van der Waals surface area contributed by atoms with Gasteiger partial charge in [-0.15, -0.1) is 11.8 Å². The number of carbonyl (C=O) groups is 1. The minimum atomic E-state index is -3.83. The summed E-state index contributed by atoms with van der Waals surface area (Å²) in [7, 11) is -4.62. The Balaban J connectivity index is 2.03. The topological polar surface area (TPSA) is 136 Å². The van der Waals surface area contributed by atoms with E-state index < -0.39 is 37.7 Å². The Bertz CT molecular complexity index is 1090. The van der Waals surface area contributed by atoms with Gasteiger partial charge in [0.15, 0.2) is 9.84 Å². The second-order valence-electron chi connectivity index (χ2n) is 7.93. The fraction of sp³-hybridized carbons (Fsp3) is 0.600. The van der Waals surface area contributed by atoms with Gasteiger partial charge in [0.05, 0.1) is 16.7 Å². The quantitative estimate of drug-likeness (QED) is 0.256. The number of halogens is 1. The number of nitrogens with zero attached hydrogens (tertiary/aromatic N) is 2. The van der Waals surface area contributed by atoms with Crippen molar-refractivity contribution in [2.45, 2.75) is 35.5 Å². The number of benzene rings is 1. The summed E-state index contributed by atoms with van der Waals surface area (Å²) in [5, 5.41) is 11.2. The number of hydrogen-bond donors (Lipinski definition) is 2. The van der Waals surface area contributed by atoms with Crippen LogP contribution in [-0.2, 0) is 24.8 Å². The highest BCUT2D eigenvalue weighted by atomic mass is 32.2. The second kappa shape index (κ2) is 12.1. The van der Waals surface area contributed by atoms with Crippen LogP contribution in [0.2, 0.25) is 0 Å². The molecule has 0 aromatic heterocycles. The van der Waals surface area contributed by atoms with E-state index in [0.717, 1.165) is 35.0 Å². The smallest absolute Gasteiger partial charge is 0.278 e. The Labute approximate surface area is 199 Å². The summed E-state index contributed by atoms with van der Waals surface area (Å²) in [5.74, 6) is -1.92. The normalized spacial score (nSPS) is 19.2. The lowest BCUT2D eigenvalue weighted by atomic mass is 9.80. The van der Waals surface area contributed by atoms with E-state index in [-0.39, 0.29) is 40.3 Å². The molecule has 13 heteroatoms. The van der Waals surface area contributed by atoms with Crippen molar-refractivity contribution in [1.29, 1.82) is 5.26 Å². The van der Waals surface area contributed by atoms with Gasteiger partial charge in [0.1, 0.15) is 12.4 Å². The molecule has 1 aromatic rings. The third-order valence-corrected chi connectivity index (χ3v) is 9.83. The fourth-order valence-corrected chi connectivity index (χ4v) is 6.89. The van der Waals surface area contributed by atoms with Crippen molar-refractivity contribution < 1.29 is 26.0 Å². The molecule has 0 saturated heterocycles. The number of nitriles is 1. The minimum absolute atomic E-state index is 0.0849.